The number of hydrogen-bond donors (Lipinski definition) is 4. The van der Waals surface area contributed by atoms with Crippen LogP contribution in [0.2, 0.25) is 10.0 Å². The van der Waals surface area contributed by atoms with E-state index in [4.69, 9.17) is 27.9 Å². The van der Waals surface area contributed by atoms with Crippen LogP contribution in [0.4, 0.5) is 5.82 Å². The van der Waals surface area contributed by atoms with Gasteiger partial charge in [0, 0.05) is 36.1 Å². The Bertz CT molecular complexity index is 1500. The van der Waals surface area contributed by atoms with Gasteiger partial charge in [0.2, 0.25) is 0 Å². The molecule has 3 aromatic heterocycles. The van der Waals surface area contributed by atoms with Gasteiger partial charge in [0.05, 0.1) is 11.3 Å². The molecule has 1 aromatic carbocycles. The van der Waals surface area contributed by atoms with Crippen LogP contribution in [0.5, 0.6) is 0 Å². The van der Waals surface area contributed by atoms with E-state index in [1.54, 1.807) is 19.2 Å². The van der Waals surface area contributed by atoms with E-state index in [0.29, 0.717) is 51.5 Å². The number of pyridine rings is 1. The lowest BCUT2D eigenvalue weighted by atomic mass is 10.1. The number of imidazole rings is 1. The number of aromatic nitrogens is 5. The number of fused-ring (bicyclic) bond motifs is 1. The molecule has 1 fully saturated rings. The predicted molar refractivity (Wildman–Crippen MR) is 142 cm³/mol. The number of carbonyl (C=O) groups excluding carboxylic acids is 1. The second-order valence-corrected chi connectivity index (χ2v) is 9.73. The summed E-state index contributed by atoms with van der Waals surface area (Å²) in [5.74, 6) is 0.165. The van der Waals surface area contributed by atoms with Crippen molar-refractivity contribution in [2.45, 2.75) is 44.9 Å². The van der Waals surface area contributed by atoms with Crippen molar-refractivity contribution in [1.29, 1.82) is 0 Å². The molecule has 1 amide bonds. The lowest BCUT2D eigenvalue weighted by Crippen LogP contribution is -2.42. The molecule has 4 N–H and O–H groups in total. The van der Waals surface area contributed by atoms with Crippen molar-refractivity contribution in [3.8, 4) is 11.4 Å². The number of rotatable bonds is 7. The topological polar surface area (TPSA) is 147 Å². The molecule has 1 aliphatic heterocycles. The highest BCUT2D eigenvalue weighted by atomic mass is 35.5. The third-order valence-corrected chi connectivity index (χ3v) is 6.73. The van der Waals surface area contributed by atoms with Gasteiger partial charge in [-0.25, -0.2) is 15.0 Å². The lowest BCUT2D eigenvalue weighted by molar-refractivity contribution is -0.137. The molecule has 4 aromatic rings. The molecule has 0 unspecified atom stereocenters. The maximum Gasteiger partial charge on any atom is 0.252 e. The standard InChI is InChI=1S/C25H25Cl2N7O4/c1-3-29-24(37)20-18(35)19(36)25(38-20)34-11-31-17-22(30-9-13-6-12(2)4-5-16(13)27)32-21(33-23(17)34)14-7-15(26)10-28-8-14/h4-8,10-11,18-20,25,35-36H,3,9H2,1-2H3,(H,29,37)(H,30,32,33)/t18-,19+,20-,25+/m0/s1. The maximum absolute atomic E-state index is 12.4. The van der Waals surface area contributed by atoms with Crippen LogP contribution in [0.1, 0.15) is 24.3 Å². The largest absolute Gasteiger partial charge is 0.387 e. The zero-order valence-electron chi connectivity index (χ0n) is 20.5. The van der Waals surface area contributed by atoms with Gasteiger partial charge in [-0.3, -0.25) is 14.3 Å². The molecular weight excluding hydrogens is 533 g/mol. The number of halogens is 2. The highest BCUT2D eigenvalue weighted by Crippen LogP contribution is 2.34. The highest BCUT2D eigenvalue weighted by Gasteiger charge is 2.47. The SMILES string of the molecule is CCNC(=O)[C@H]1O[C@@H](n2cnc3c(NCc4cc(C)ccc4Cl)nc(-c4cncc(Cl)c4)nc32)[C@H](O)[C@@H]1O. The highest BCUT2D eigenvalue weighted by molar-refractivity contribution is 6.31. The van der Waals surface area contributed by atoms with Crippen LogP contribution < -0.4 is 10.6 Å². The Kier molecular flexibility index (Phi) is 7.46. The lowest BCUT2D eigenvalue weighted by Gasteiger charge is -2.17. The second kappa shape index (κ2) is 10.8. The van der Waals surface area contributed by atoms with Gasteiger partial charge >= 0.3 is 0 Å². The maximum atomic E-state index is 12.4. The summed E-state index contributed by atoms with van der Waals surface area (Å²) >= 11 is 12.6. The summed E-state index contributed by atoms with van der Waals surface area (Å²) in [5.41, 5.74) is 3.17. The van der Waals surface area contributed by atoms with Crippen LogP contribution in [0, 0.1) is 6.92 Å². The van der Waals surface area contributed by atoms with Crippen LogP contribution in [0.15, 0.2) is 43.0 Å². The second-order valence-electron chi connectivity index (χ2n) is 8.88. The minimum Gasteiger partial charge on any atom is -0.387 e. The van der Waals surface area contributed by atoms with E-state index in [0.717, 1.165) is 11.1 Å². The fourth-order valence-corrected chi connectivity index (χ4v) is 4.65. The van der Waals surface area contributed by atoms with Crippen LogP contribution >= 0.6 is 23.2 Å². The third-order valence-electron chi connectivity index (χ3n) is 6.15. The number of ether oxygens (including phenoxy) is 1. The van der Waals surface area contributed by atoms with Gasteiger partial charge in [-0.2, -0.15) is 0 Å². The monoisotopic (exact) mass is 557 g/mol. The van der Waals surface area contributed by atoms with E-state index in [9.17, 15) is 15.0 Å². The summed E-state index contributed by atoms with van der Waals surface area (Å²) in [4.78, 5) is 30.3. The Morgan fingerprint density at radius 1 is 1.16 bits per heavy atom. The van der Waals surface area contributed by atoms with Crippen molar-refractivity contribution in [1.82, 2.24) is 29.8 Å². The Morgan fingerprint density at radius 2 is 1.97 bits per heavy atom. The number of anilines is 1. The molecule has 198 valence electrons. The molecule has 0 saturated carbocycles. The van der Waals surface area contributed by atoms with Gasteiger partial charge in [-0.15, -0.1) is 0 Å². The molecule has 1 aliphatic rings. The smallest absolute Gasteiger partial charge is 0.252 e. The van der Waals surface area contributed by atoms with E-state index in [-0.39, 0.29) is 0 Å². The molecule has 1 saturated heterocycles. The summed E-state index contributed by atoms with van der Waals surface area (Å²) in [5, 5.41) is 28.2. The first-order chi connectivity index (χ1) is 18.3. The van der Waals surface area contributed by atoms with Crippen molar-refractivity contribution < 1.29 is 19.7 Å². The van der Waals surface area contributed by atoms with Crippen molar-refractivity contribution >= 4 is 46.1 Å². The van der Waals surface area contributed by atoms with E-state index < -0.39 is 30.4 Å². The van der Waals surface area contributed by atoms with Gasteiger partial charge < -0.3 is 25.6 Å². The Hall–Kier alpha value is -3.35. The predicted octanol–water partition coefficient (Wildman–Crippen LogP) is 2.87. The van der Waals surface area contributed by atoms with Gasteiger partial charge in [0.1, 0.15) is 12.2 Å². The van der Waals surface area contributed by atoms with Crippen molar-refractivity contribution in [3.05, 3.63) is 64.2 Å². The number of carbonyl (C=O) groups is 1. The van der Waals surface area contributed by atoms with E-state index in [1.165, 1.54) is 17.1 Å². The number of likely N-dealkylation sites (N-methyl/N-ethyl adjacent to an activating group) is 1. The Morgan fingerprint density at radius 3 is 2.74 bits per heavy atom. The van der Waals surface area contributed by atoms with Gasteiger partial charge in [-0.1, -0.05) is 40.9 Å². The van der Waals surface area contributed by atoms with E-state index in [1.807, 2.05) is 25.1 Å². The van der Waals surface area contributed by atoms with Crippen LogP contribution in [0.25, 0.3) is 22.6 Å². The molecule has 4 heterocycles. The average Bonchev–Trinajstić information content (AvgIpc) is 3.45. The number of nitrogens with zero attached hydrogens (tertiary/aromatic N) is 5. The number of benzene rings is 1. The third kappa shape index (κ3) is 5.03. The zero-order chi connectivity index (χ0) is 27.0. The van der Waals surface area contributed by atoms with Gasteiger partial charge in [0.15, 0.2) is 35.1 Å². The fraction of sp³-hybridized carbons (Fsp3) is 0.320. The molecule has 13 heteroatoms. The summed E-state index contributed by atoms with van der Waals surface area (Å²) in [6.45, 7) is 4.43. The normalized spacial score (nSPS) is 21.1. The molecule has 11 nitrogen and oxygen atoms in total. The molecule has 0 spiro atoms. The summed E-state index contributed by atoms with van der Waals surface area (Å²) in [7, 11) is 0. The first-order valence-electron chi connectivity index (χ1n) is 11.9. The summed E-state index contributed by atoms with van der Waals surface area (Å²) < 4.78 is 7.26. The van der Waals surface area contributed by atoms with Crippen molar-refractivity contribution in [3.63, 3.8) is 0 Å². The number of aliphatic hydroxyl groups is 2. The molecule has 5 rings (SSSR count). The van der Waals surface area contributed by atoms with Crippen molar-refractivity contribution in [2.75, 3.05) is 11.9 Å². The molecule has 0 aliphatic carbocycles. The molecular formula is C25H25Cl2N7O4. The minimum absolute atomic E-state index is 0.292. The summed E-state index contributed by atoms with van der Waals surface area (Å²) in [6, 6.07) is 7.40. The number of hydrogen-bond acceptors (Lipinski definition) is 9. The number of aliphatic hydroxyl groups excluding tert-OH is 2. The molecule has 0 bridgehead atoms. The van der Waals surface area contributed by atoms with Crippen LogP contribution in [-0.4, -0.2) is 65.5 Å². The number of amides is 1. The zero-order valence-corrected chi connectivity index (χ0v) is 22.0. The van der Waals surface area contributed by atoms with Crippen LogP contribution in [0.3, 0.4) is 0 Å². The molecule has 0 radical (unpaired) electrons. The van der Waals surface area contributed by atoms with E-state index in [2.05, 4.69) is 30.6 Å². The number of aryl methyl sites for hydroxylation is 1. The minimum atomic E-state index is -1.44. The van der Waals surface area contributed by atoms with Gasteiger partial charge in [-0.05, 0) is 31.5 Å². The Balaban J connectivity index is 1.57. The van der Waals surface area contributed by atoms with Gasteiger partial charge in [0.25, 0.3) is 5.91 Å². The first kappa shape index (κ1) is 26.3. The van der Waals surface area contributed by atoms with Crippen LogP contribution in [-0.2, 0) is 16.1 Å². The molecule has 38 heavy (non-hydrogen) atoms. The van der Waals surface area contributed by atoms with Crippen molar-refractivity contribution in [2.24, 2.45) is 0 Å². The van der Waals surface area contributed by atoms with E-state index >= 15 is 0 Å². The number of nitrogens with one attached hydrogen (secondary N) is 2. The molecule has 4 atom stereocenters. The first-order valence-corrected chi connectivity index (χ1v) is 12.7. The quantitative estimate of drug-likeness (QED) is 0.269. The summed E-state index contributed by atoms with van der Waals surface area (Å²) in [6.07, 6.45) is -0.736. The average molecular weight is 558 g/mol. The fourth-order valence-electron chi connectivity index (χ4n) is 4.29. The Labute approximate surface area is 227 Å².